The summed E-state index contributed by atoms with van der Waals surface area (Å²) in [5, 5.41) is 16.0. The van der Waals surface area contributed by atoms with E-state index in [4.69, 9.17) is 9.47 Å². The van der Waals surface area contributed by atoms with Crippen LogP contribution in [0.25, 0.3) is 0 Å². The molecule has 1 aliphatic rings. The van der Waals surface area contributed by atoms with E-state index in [0.29, 0.717) is 32.3 Å². The summed E-state index contributed by atoms with van der Waals surface area (Å²) in [6.07, 6.45) is 7.69. The van der Waals surface area contributed by atoms with E-state index in [2.05, 4.69) is 10.6 Å². The Hall–Kier alpha value is -4.43. The van der Waals surface area contributed by atoms with Crippen LogP contribution in [0.1, 0.15) is 62.6 Å². The lowest BCUT2D eigenvalue weighted by Gasteiger charge is -2.26. The molecule has 2 amide bonds. The van der Waals surface area contributed by atoms with Crippen LogP contribution in [0.5, 0.6) is 5.75 Å². The van der Waals surface area contributed by atoms with E-state index in [1.165, 1.54) is 0 Å². The first-order valence-corrected chi connectivity index (χ1v) is 17.1. The van der Waals surface area contributed by atoms with E-state index >= 15 is 0 Å². The Labute approximate surface area is 284 Å². The third-order valence-corrected chi connectivity index (χ3v) is 8.75. The van der Waals surface area contributed by atoms with Gasteiger partial charge in [-0.2, -0.15) is 0 Å². The van der Waals surface area contributed by atoms with Gasteiger partial charge in [-0.1, -0.05) is 98.8 Å². The molecule has 0 bridgehead atoms. The van der Waals surface area contributed by atoms with Gasteiger partial charge in [-0.3, -0.25) is 14.4 Å². The molecule has 256 valence electrons. The number of hydrogen-bond donors (Lipinski definition) is 3. The lowest BCUT2D eigenvalue weighted by molar-refractivity contribution is -0.150. The molecule has 0 aromatic heterocycles. The summed E-state index contributed by atoms with van der Waals surface area (Å²) in [5.74, 6) is -0.916. The van der Waals surface area contributed by atoms with Crippen LogP contribution in [0.3, 0.4) is 0 Å². The molecule has 3 aromatic rings. The van der Waals surface area contributed by atoms with Crippen LogP contribution in [0.4, 0.5) is 0 Å². The topological polar surface area (TPSA) is 114 Å². The number of aliphatic hydroxyl groups is 1. The number of nitrogens with one attached hydrogen (secondary N) is 2. The average molecular weight is 655 g/mol. The Morgan fingerprint density at radius 2 is 1.60 bits per heavy atom. The fourth-order valence-corrected chi connectivity index (χ4v) is 5.76. The number of esters is 1. The summed E-state index contributed by atoms with van der Waals surface area (Å²) in [6.45, 7) is 4.25. The van der Waals surface area contributed by atoms with E-state index in [1.54, 1.807) is 0 Å². The first kappa shape index (κ1) is 36.4. The maximum Gasteiger partial charge on any atom is 0.309 e. The summed E-state index contributed by atoms with van der Waals surface area (Å²) in [6, 6.07) is 26.6. The number of allylic oxidation sites excluding steroid dienone is 2. The number of carbonyl (C=O) groups is 3. The highest BCUT2D eigenvalue weighted by molar-refractivity contribution is 5.86. The zero-order valence-corrected chi connectivity index (χ0v) is 28.2. The monoisotopic (exact) mass is 654 g/mol. The van der Waals surface area contributed by atoms with Gasteiger partial charge in [-0.05, 0) is 73.3 Å². The highest BCUT2D eigenvalue weighted by Gasteiger charge is 2.28. The number of hydrogen-bond acceptors (Lipinski definition) is 6. The SMILES string of the molecule is CC(C)C1COC(=O)C(Cc2ccccc2)CCCC=CCC(CC(=O)NC(CO)Cc2ccc(OCc3ccccc3)cc2)C(=O)N1. The van der Waals surface area contributed by atoms with E-state index in [0.717, 1.165) is 35.3 Å². The molecule has 48 heavy (non-hydrogen) atoms. The van der Waals surface area contributed by atoms with Crippen molar-refractivity contribution < 1.29 is 29.0 Å². The molecular weight excluding hydrogens is 604 g/mol. The zero-order chi connectivity index (χ0) is 34.1. The van der Waals surface area contributed by atoms with Gasteiger partial charge >= 0.3 is 5.97 Å². The summed E-state index contributed by atoms with van der Waals surface area (Å²) >= 11 is 0. The van der Waals surface area contributed by atoms with Crippen molar-refractivity contribution in [3.63, 3.8) is 0 Å². The van der Waals surface area contributed by atoms with Crippen LogP contribution >= 0.6 is 0 Å². The summed E-state index contributed by atoms with van der Waals surface area (Å²) in [4.78, 5) is 39.9. The second-order valence-electron chi connectivity index (χ2n) is 13.0. The quantitative estimate of drug-likeness (QED) is 0.164. The molecule has 0 radical (unpaired) electrons. The van der Waals surface area contributed by atoms with Crippen molar-refractivity contribution >= 4 is 17.8 Å². The number of benzene rings is 3. The lowest BCUT2D eigenvalue weighted by atomic mass is 9.93. The minimum atomic E-state index is -0.604. The summed E-state index contributed by atoms with van der Waals surface area (Å²) in [7, 11) is 0. The van der Waals surface area contributed by atoms with Gasteiger partial charge in [0.2, 0.25) is 11.8 Å². The molecule has 3 N–H and O–H groups in total. The fraction of sp³-hybridized carbons (Fsp3) is 0.425. The van der Waals surface area contributed by atoms with E-state index in [1.807, 2.05) is 111 Å². The maximum absolute atomic E-state index is 13.5. The third-order valence-electron chi connectivity index (χ3n) is 8.75. The highest BCUT2D eigenvalue weighted by Crippen LogP contribution is 2.21. The molecule has 1 heterocycles. The molecule has 3 aromatic carbocycles. The molecule has 0 fully saturated rings. The van der Waals surface area contributed by atoms with Crippen LogP contribution < -0.4 is 15.4 Å². The third kappa shape index (κ3) is 12.3. The number of cyclic esters (lactones) is 1. The van der Waals surface area contributed by atoms with Crippen molar-refractivity contribution in [2.75, 3.05) is 13.2 Å². The number of amides is 2. The molecule has 0 aliphatic carbocycles. The lowest BCUT2D eigenvalue weighted by Crippen LogP contribution is -2.47. The van der Waals surface area contributed by atoms with Gasteiger partial charge < -0.3 is 25.2 Å². The largest absolute Gasteiger partial charge is 0.489 e. The first-order chi connectivity index (χ1) is 23.3. The normalized spacial score (nSPS) is 19.9. The van der Waals surface area contributed by atoms with Crippen molar-refractivity contribution in [3.8, 4) is 5.75 Å². The van der Waals surface area contributed by atoms with Crippen LogP contribution in [0.2, 0.25) is 0 Å². The van der Waals surface area contributed by atoms with Crippen molar-refractivity contribution in [3.05, 3.63) is 114 Å². The molecule has 0 spiro atoms. The van der Waals surface area contributed by atoms with E-state index in [9.17, 15) is 19.5 Å². The van der Waals surface area contributed by atoms with E-state index in [-0.39, 0.29) is 55.3 Å². The Morgan fingerprint density at radius 1 is 0.917 bits per heavy atom. The fourth-order valence-electron chi connectivity index (χ4n) is 5.76. The Balaban J connectivity index is 1.33. The van der Waals surface area contributed by atoms with Gasteiger partial charge in [0.25, 0.3) is 0 Å². The molecule has 4 unspecified atom stereocenters. The maximum atomic E-state index is 13.5. The van der Waals surface area contributed by atoms with Gasteiger partial charge in [-0.15, -0.1) is 0 Å². The molecule has 4 rings (SSSR count). The summed E-state index contributed by atoms with van der Waals surface area (Å²) < 4.78 is 11.7. The second kappa shape index (κ2) is 19.4. The standard InChI is InChI=1S/C40H50N2O6/c1-29(2)37-28-48-40(46)34(23-30-13-7-5-8-14-30)18-12-4-3-11-17-33(39(45)42-37)25-38(44)41-35(26-43)24-31-19-21-36(22-20-31)47-27-32-15-9-6-10-16-32/h3,5-11,13-16,19-22,29,33-35,37,43H,4,12,17-18,23-28H2,1-2H3,(H,41,44)(H,42,45). The van der Waals surface area contributed by atoms with Crippen molar-refractivity contribution in [1.82, 2.24) is 10.6 Å². The number of aliphatic hydroxyl groups excluding tert-OH is 1. The Bertz CT molecular complexity index is 1440. The van der Waals surface area contributed by atoms with Gasteiger partial charge in [0.15, 0.2) is 0 Å². The predicted molar refractivity (Wildman–Crippen MR) is 187 cm³/mol. The number of rotatable bonds is 12. The van der Waals surface area contributed by atoms with Crippen molar-refractivity contribution in [2.45, 2.75) is 77.5 Å². The number of ether oxygens (including phenoxy) is 2. The van der Waals surface area contributed by atoms with Gasteiger partial charge in [-0.25, -0.2) is 0 Å². The minimum absolute atomic E-state index is 0.0149. The molecule has 4 atom stereocenters. The molecule has 0 saturated carbocycles. The van der Waals surface area contributed by atoms with Crippen molar-refractivity contribution in [1.29, 1.82) is 0 Å². The number of carbonyl (C=O) groups excluding carboxylic acids is 3. The minimum Gasteiger partial charge on any atom is -0.489 e. The van der Waals surface area contributed by atoms with Gasteiger partial charge in [0, 0.05) is 6.42 Å². The van der Waals surface area contributed by atoms with Gasteiger partial charge in [0.1, 0.15) is 19.0 Å². The summed E-state index contributed by atoms with van der Waals surface area (Å²) in [5.41, 5.74) is 3.12. The average Bonchev–Trinajstić information content (AvgIpc) is 3.10. The van der Waals surface area contributed by atoms with Crippen LogP contribution in [0.15, 0.2) is 97.1 Å². The van der Waals surface area contributed by atoms with Crippen LogP contribution in [-0.4, -0.2) is 48.2 Å². The van der Waals surface area contributed by atoms with E-state index < -0.39 is 12.0 Å². The zero-order valence-electron chi connectivity index (χ0n) is 28.2. The Morgan fingerprint density at radius 3 is 2.27 bits per heavy atom. The Kier molecular flexibility index (Phi) is 14.7. The smallest absolute Gasteiger partial charge is 0.309 e. The van der Waals surface area contributed by atoms with Crippen LogP contribution in [-0.2, 0) is 38.6 Å². The molecular formula is C40H50N2O6. The molecule has 1 aliphatic heterocycles. The first-order valence-electron chi connectivity index (χ1n) is 17.1. The van der Waals surface area contributed by atoms with Crippen LogP contribution in [0, 0.1) is 17.8 Å². The predicted octanol–water partition coefficient (Wildman–Crippen LogP) is 5.96. The van der Waals surface area contributed by atoms with Crippen molar-refractivity contribution in [2.24, 2.45) is 17.8 Å². The molecule has 8 nitrogen and oxygen atoms in total. The molecule has 8 heteroatoms. The molecule has 0 saturated heterocycles. The van der Waals surface area contributed by atoms with Gasteiger partial charge in [0.05, 0.1) is 30.5 Å². The highest BCUT2D eigenvalue weighted by atomic mass is 16.5. The second-order valence-corrected chi connectivity index (χ2v) is 13.0.